The Balaban J connectivity index is 2.61. The fourth-order valence-corrected chi connectivity index (χ4v) is 2.24. The molecule has 1 rings (SSSR count). The first kappa shape index (κ1) is 15.3. The Morgan fingerprint density at radius 3 is 2.33 bits per heavy atom. The van der Waals surface area contributed by atoms with Crippen LogP contribution in [0.5, 0.6) is 0 Å². The van der Waals surface area contributed by atoms with Crippen LogP contribution in [0.25, 0.3) is 0 Å². The minimum atomic E-state index is -4.17. The van der Waals surface area contributed by atoms with Crippen molar-refractivity contribution in [1.82, 2.24) is 5.32 Å². The average molecular weight is 266 g/mol. The van der Waals surface area contributed by atoms with E-state index in [2.05, 4.69) is 5.32 Å². The highest BCUT2D eigenvalue weighted by Crippen LogP contribution is 2.37. The van der Waals surface area contributed by atoms with Crippen molar-refractivity contribution in [2.75, 3.05) is 6.54 Å². The maximum Gasteiger partial charge on any atom is 0.393 e. The van der Waals surface area contributed by atoms with Crippen molar-refractivity contribution in [1.29, 1.82) is 0 Å². The summed E-state index contributed by atoms with van der Waals surface area (Å²) in [6.07, 6.45) is -2.10. The SMILES string of the molecule is CC(C)(CNC1CCCCC1C(F)(F)F)C(N)=O. The van der Waals surface area contributed by atoms with E-state index in [4.69, 9.17) is 5.73 Å². The van der Waals surface area contributed by atoms with Crippen LogP contribution in [0.15, 0.2) is 0 Å². The van der Waals surface area contributed by atoms with E-state index in [9.17, 15) is 18.0 Å². The summed E-state index contributed by atoms with van der Waals surface area (Å²) in [5, 5.41) is 2.88. The number of hydrogen-bond donors (Lipinski definition) is 2. The quantitative estimate of drug-likeness (QED) is 0.819. The number of alkyl halides is 3. The first-order valence-corrected chi connectivity index (χ1v) is 6.24. The molecule has 3 nitrogen and oxygen atoms in total. The highest BCUT2D eigenvalue weighted by molar-refractivity contribution is 5.80. The molecule has 0 spiro atoms. The van der Waals surface area contributed by atoms with Crippen molar-refractivity contribution in [2.45, 2.75) is 51.7 Å². The molecule has 0 aliphatic heterocycles. The zero-order valence-electron chi connectivity index (χ0n) is 10.8. The third kappa shape index (κ3) is 3.86. The Hall–Kier alpha value is -0.780. The molecule has 2 unspecified atom stereocenters. The second kappa shape index (κ2) is 5.47. The normalized spacial score (nSPS) is 26.1. The van der Waals surface area contributed by atoms with Gasteiger partial charge in [0.25, 0.3) is 0 Å². The van der Waals surface area contributed by atoms with Crippen LogP contribution in [0.3, 0.4) is 0 Å². The van der Waals surface area contributed by atoms with E-state index < -0.39 is 29.5 Å². The number of nitrogens with two attached hydrogens (primary N) is 1. The number of carbonyl (C=O) groups is 1. The van der Waals surface area contributed by atoms with E-state index >= 15 is 0 Å². The molecular formula is C12H21F3N2O. The smallest absolute Gasteiger partial charge is 0.369 e. The molecule has 0 aromatic carbocycles. The average Bonchev–Trinajstić information content (AvgIpc) is 2.25. The molecule has 2 atom stereocenters. The molecule has 0 radical (unpaired) electrons. The van der Waals surface area contributed by atoms with Gasteiger partial charge < -0.3 is 11.1 Å². The highest BCUT2D eigenvalue weighted by Gasteiger charge is 2.45. The Kier molecular flexibility index (Phi) is 4.64. The second-order valence-electron chi connectivity index (χ2n) is 5.67. The zero-order chi connectivity index (χ0) is 14.0. The van der Waals surface area contributed by atoms with Gasteiger partial charge in [0.2, 0.25) is 5.91 Å². The number of carbonyl (C=O) groups excluding carboxylic acids is 1. The molecule has 1 aliphatic carbocycles. The van der Waals surface area contributed by atoms with Crippen molar-refractivity contribution in [2.24, 2.45) is 17.1 Å². The van der Waals surface area contributed by atoms with Gasteiger partial charge in [0.05, 0.1) is 11.3 Å². The number of hydrogen-bond acceptors (Lipinski definition) is 2. The minimum Gasteiger partial charge on any atom is -0.369 e. The van der Waals surface area contributed by atoms with Gasteiger partial charge in [0.1, 0.15) is 0 Å². The summed E-state index contributed by atoms with van der Waals surface area (Å²) in [4.78, 5) is 11.1. The fourth-order valence-electron chi connectivity index (χ4n) is 2.24. The van der Waals surface area contributed by atoms with Crippen LogP contribution in [0, 0.1) is 11.3 Å². The first-order valence-electron chi connectivity index (χ1n) is 6.24. The van der Waals surface area contributed by atoms with Gasteiger partial charge in [0, 0.05) is 12.6 Å². The van der Waals surface area contributed by atoms with Gasteiger partial charge >= 0.3 is 6.18 Å². The van der Waals surface area contributed by atoms with Crippen molar-refractivity contribution in [3.8, 4) is 0 Å². The van der Waals surface area contributed by atoms with E-state index in [-0.39, 0.29) is 13.0 Å². The summed E-state index contributed by atoms with van der Waals surface area (Å²) in [6.45, 7) is 3.45. The molecule has 0 saturated heterocycles. The van der Waals surface area contributed by atoms with Gasteiger partial charge in [-0.25, -0.2) is 0 Å². The van der Waals surface area contributed by atoms with E-state index in [0.717, 1.165) is 6.42 Å². The maximum absolute atomic E-state index is 12.8. The Labute approximate surface area is 105 Å². The largest absolute Gasteiger partial charge is 0.393 e. The standard InChI is InChI=1S/C12H21F3N2O/c1-11(2,10(16)18)7-17-9-6-4-3-5-8(9)12(13,14)15/h8-9,17H,3-7H2,1-2H3,(H2,16,18). The molecule has 0 aromatic rings. The van der Waals surface area contributed by atoms with Gasteiger partial charge in [-0.3, -0.25) is 4.79 Å². The van der Waals surface area contributed by atoms with E-state index in [1.54, 1.807) is 13.8 Å². The molecule has 1 amide bonds. The highest BCUT2D eigenvalue weighted by atomic mass is 19.4. The van der Waals surface area contributed by atoms with E-state index in [1.807, 2.05) is 0 Å². The summed E-state index contributed by atoms with van der Waals surface area (Å²) in [5.74, 6) is -1.82. The van der Waals surface area contributed by atoms with Gasteiger partial charge in [0.15, 0.2) is 0 Å². The lowest BCUT2D eigenvalue weighted by Gasteiger charge is -2.35. The van der Waals surface area contributed by atoms with Crippen LogP contribution >= 0.6 is 0 Å². The lowest BCUT2D eigenvalue weighted by Crippen LogP contribution is -2.50. The van der Waals surface area contributed by atoms with Crippen LogP contribution in [0.1, 0.15) is 39.5 Å². The number of halogens is 3. The molecule has 6 heteroatoms. The second-order valence-corrected chi connectivity index (χ2v) is 5.67. The van der Waals surface area contributed by atoms with Gasteiger partial charge in [-0.2, -0.15) is 13.2 Å². The number of nitrogens with one attached hydrogen (secondary N) is 1. The topological polar surface area (TPSA) is 55.1 Å². The summed E-state index contributed by atoms with van der Waals surface area (Å²) in [5.41, 5.74) is 4.38. The number of rotatable bonds is 4. The summed E-state index contributed by atoms with van der Waals surface area (Å²) in [7, 11) is 0. The number of primary amides is 1. The Morgan fingerprint density at radius 2 is 1.83 bits per heavy atom. The van der Waals surface area contributed by atoms with E-state index in [1.165, 1.54) is 0 Å². The van der Waals surface area contributed by atoms with Crippen LogP contribution in [-0.2, 0) is 4.79 Å². The zero-order valence-corrected chi connectivity index (χ0v) is 10.8. The van der Waals surface area contributed by atoms with Crippen LogP contribution < -0.4 is 11.1 Å². The molecule has 1 saturated carbocycles. The summed E-state index contributed by atoms with van der Waals surface area (Å²) < 4.78 is 38.5. The third-order valence-electron chi connectivity index (χ3n) is 3.66. The van der Waals surface area contributed by atoms with Crippen LogP contribution in [0.4, 0.5) is 13.2 Å². The molecule has 3 N–H and O–H groups in total. The molecule has 18 heavy (non-hydrogen) atoms. The monoisotopic (exact) mass is 266 g/mol. The third-order valence-corrected chi connectivity index (χ3v) is 3.66. The molecule has 0 heterocycles. The molecule has 106 valence electrons. The maximum atomic E-state index is 12.8. The molecule has 0 aromatic heterocycles. The molecule has 1 fully saturated rings. The van der Waals surface area contributed by atoms with Crippen molar-refractivity contribution >= 4 is 5.91 Å². The van der Waals surface area contributed by atoms with Crippen molar-refractivity contribution < 1.29 is 18.0 Å². The Bertz CT molecular complexity index is 302. The predicted octanol–water partition coefficient (Wildman–Crippen LogP) is 2.21. The van der Waals surface area contributed by atoms with Gasteiger partial charge in [-0.1, -0.05) is 12.8 Å². The lowest BCUT2D eigenvalue weighted by atomic mass is 9.83. The van der Waals surface area contributed by atoms with Crippen molar-refractivity contribution in [3.63, 3.8) is 0 Å². The molecular weight excluding hydrogens is 245 g/mol. The van der Waals surface area contributed by atoms with Gasteiger partial charge in [-0.15, -0.1) is 0 Å². The molecule has 1 aliphatic rings. The van der Waals surface area contributed by atoms with Crippen molar-refractivity contribution in [3.05, 3.63) is 0 Å². The van der Waals surface area contributed by atoms with Crippen LogP contribution in [-0.4, -0.2) is 24.7 Å². The minimum absolute atomic E-state index is 0.165. The number of amides is 1. The predicted molar refractivity (Wildman–Crippen MR) is 62.8 cm³/mol. The fraction of sp³-hybridized carbons (Fsp3) is 0.917. The Morgan fingerprint density at radius 1 is 1.28 bits per heavy atom. The lowest BCUT2D eigenvalue weighted by molar-refractivity contribution is -0.189. The summed E-state index contributed by atoms with van der Waals surface area (Å²) >= 11 is 0. The molecule has 0 bridgehead atoms. The van der Waals surface area contributed by atoms with E-state index in [0.29, 0.717) is 12.8 Å². The van der Waals surface area contributed by atoms with Crippen LogP contribution in [0.2, 0.25) is 0 Å². The van der Waals surface area contributed by atoms with Gasteiger partial charge in [-0.05, 0) is 26.7 Å². The summed E-state index contributed by atoms with van der Waals surface area (Å²) in [6, 6.07) is -0.600. The first-order chi connectivity index (χ1) is 8.14.